The minimum Gasteiger partial charge on any atom is -0.459 e. The Morgan fingerprint density at radius 2 is 1.82 bits per heavy atom. The molecular formula is C19H25N3O5S. The van der Waals surface area contributed by atoms with E-state index in [-0.39, 0.29) is 18.3 Å². The molecule has 0 aliphatic heterocycles. The molecule has 8 nitrogen and oxygen atoms in total. The molecule has 2 aromatic rings. The number of hydrogen-bond donors (Lipinski definition) is 3. The van der Waals surface area contributed by atoms with Gasteiger partial charge in [0.05, 0.1) is 23.6 Å². The number of rotatable bonds is 7. The van der Waals surface area contributed by atoms with Crippen LogP contribution in [0.15, 0.2) is 24.3 Å². The lowest BCUT2D eigenvalue weighted by Gasteiger charge is -2.11. The third-order valence-electron chi connectivity index (χ3n) is 3.96. The lowest BCUT2D eigenvalue weighted by atomic mass is 10.1. The first-order valence-corrected chi connectivity index (χ1v) is 10.6. The van der Waals surface area contributed by atoms with Gasteiger partial charge in [0.2, 0.25) is 10.0 Å². The third-order valence-corrected chi connectivity index (χ3v) is 4.55. The molecule has 0 fully saturated rings. The van der Waals surface area contributed by atoms with Crippen LogP contribution in [0.3, 0.4) is 0 Å². The lowest BCUT2D eigenvalue weighted by molar-refractivity contribution is 0.0376. The topological polar surface area (TPSA) is 117 Å². The highest BCUT2D eigenvalue weighted by Crippen LogP contribution is 2.20. The number of carbonyl (C=O) groups is 2. The summed E-state index contributed by atoms with van der Waals surface area (Å²) < 4.78 is 30.6. The molecule has 0 spiro atoms. The van der Waals surface area contributed by atoms with E-state index >= 15 is 0 Å². The van der Waals surface area contributed by atoms with Crippen molar-refractivity contribution in [3.05, 3.63) is 52.3 Å². The van der Waals surface area contributed by atoms with E-state index in [1.54, 1.807) is 52.0 Å². The van der Waals surface area contributed by atoms with Crippen molar-refractivity contribution >= 4 is 27.6 Å². The first-order valence-electron chi connectivity index (χ1n) is 8.73. The van der Waals surface area contributed by atoms with Gasteiger partial charge in [-0.15, -0.1) is 0 Å². The van der Waals surface area contributed by atoms with Crippen molar-refractivity contribution in [3.63, 3.8) is 0 Å². The number of nitrogens with one attached hydrogen (secondary N) is 3. The number of benzene rings is 1. The van der Waals surface area contributed by atoms with Crippen LogP contribution in [0.25, 0.3) is 0 Å². The van der Waals surface area contributed by atoms with E-state index in [1.165, 1.54) is 0 Å². The quantitative estimate of drug-likeness (QED) is 0.610. The molecule has 0 radical (unpaired) electrons. The molecule has 152 valence electrons. The standard InChI is InChI=1S/C19H25N3O5S/c1-11(2)27-19(24)16-12(3)17(21-13(16)4)18(23)20-10-14-8-6-7-9-15(14)22-28(5,25)26/h6-9,11,21-22H,10H2,1-5H3,(H,20,23). The molecule has 1 aromatic carbocycles. The minimum atomic E-state index is -3.44. The monoisotopic (exact) mass is 407 g/mol. The number of aromatic nitrogens is 1. The SMILES string of the molecule is Cc1[nH]c(C(=O)NCc2ccccc2NS(C)(=O)=O)c(C)c1C(=O)OC(C)C. The fourth-order valence-electron chi connectivity index (χ4n) is 2.79. The highest BCUT2D eigenvalue weighted by Gasteiger charge is 2.23. The van der Waals surface area contributed by atoms with Crippen LogP contribution in [0.1, 0.15) is 51.5 Å². The van der Waals surface area contributed by atoms with E-state index < -0.39 is 21.9 Å². The highest BCUT2D eigenvalue weighted by molar-refractivity contribution is 7.92. The average Bonchev–Trinajstić information content (AvgIpc) is 2.86. The number of carbonyl (C=O) groups excluding carboxylic acids is 2. The van der Waals surface area contributed by atoms with Gasteiger partial charge >= 0.3 is 5.97 Å². The van der Waals surface area contributed by atoms with E-state index in [2.05, 4.69) is 15.0 Å². The third kappa shape index (κ3) is 5.35. The van der Waals surface area contributed by atoms with E-state index in [9.17, 15) is 18.0 Å². The van der Waals surface area contributed by atoms with Gasteiger partial charge in [-0.3, -0.25) is 9.52 Å². The Morgan fingerprint density at radius 1 is 1.18 bits per heavy atom. The van der Waals surface area contributed by atoms with Crippen LogP contribution in [0, 0.1) is 13.8 Å². The zero-order valence-corrected chi connectivity index (χ0v) is 17.4. The predicted molar refractivity (Wildman–Crippen MR) is 107 cm³/mol. The van der Waals surface area contributed by atoms with Crippen molar-refractivity contribution in [1.82, 2.24) is 10.3 Å². The van der Waals surface area contributed by atoms with Gasteiger partial charge in [0.25, 0.3) is 5.91 Å². The normalized spacial score (nSPS) is 11.4. The number of amides is 1. The molecule has 1 amide bonds. The summed E-state index contributed by atoms with van der Waals surface area (Å²) in [6.45, 7) is 7.00. The Labute approximate surface area is 164 Å². The molecule has 9 heteroatoms. The first-order chi connectivity index (χ1) is 13.0. The molecule has 1 aromatic heterocycles. The number of aryl methyl sites for hydroxylation is 1. The Kier molecular flexibility index (Phi) is 6.50. The van der Waals surface area contributed by atoms with Gasteiger partial charge < -0.3 is 15.0 Å². The van der Waals surface area contributed by atoms with E-state index in [0.29, 0.717) is 28.1 Å². The number of esters is 1. The fraction of sp³-hybridized carbons (Fsp3) is 0.368. The van der Waals surface area contributed by atoms with Crippen molar-refractivity contribution in [3.8, 4) is 0 Å². The smallest absolute Gasteiger partial charge is 0.340 e. The molecule has 0 aliphatic carbocycles. The summed E-state index contributed by atoms with van der Waals surface area (Å²) in [7, 11) is -3.44. The molecule has 0 aliphatic rings. The second-order valence-corrected chi connectivity index (χ2v) is 8.54. The number of ether oxygens (including phenoxy) is 1. The van der Waals surface area contributed by atoms with Crippen molar-refractivity contribution in [2.75, 3.05) is 11.0 Å². The van der Waals surface area contributed by atoms with Crippen LogP contribution in [-0.4, -0.2) is 37.6 Å². The molecule has 0 unspecified atom stereocenters. The Hall–Kier alpha value is -2.81. The molecular weight excluding hydrogens is 382 g/mol. The van der Waals surface area contributed by atoms with Crippen LogP contribution >= 0.6 is 0 Å². The maximum Gasteiger partial charge on any atom is 0.340 e. The van der Waals surface area contributed by atoms with Crippen molar-refractivity contribution in [2.45, 2.75) is 40.3 Å². The minimum absolute atomic E-state index is 0.112. The maximum atomic E-state index is 12.6. The maximum absolute atomic E-state index is 12.6. The Bertz CT molecular complexity index is 993. The van der Waals surface area contributed by atoms with Crippen LogP contribution in [0.5, 0.6) is 0 Å². The first kappa shape index (κ1) is 21.5. The summed E-state index contributed by atoms with van der Waals surface area (Å²) in [6.07, 6.45) is 0.794. The summed E-state index contributed by atoms with van der Waals surface area (Å²) in [6, 6.07) is 6.78. The van der Waals surface area contributed by atoms with Gasteiger partial charge in [-0.2, -0.15) is 0 Å². The van der Waals surface area contributed by atoms with Gasteiger partial charge in [0, 0.05) is 12.2 Å². The van der Waals surface area contributed by atoms with Crippen LogP contribution in [0.2, 0.25) is 0 Å². The number of anilines is 1. The molecule has 3 N–H and O–H groups in total. The zero-order valence-electron chi connectivity index (χ0n) is 16.5. The predicted octanol–water partition coefficient (Wildman–Crippen LogP) is 2.50. The summed E-state index contributed by atoms with van der Waals surface area (Å²) >= 11 is 0. The average molecular weight is 407 g/mol. The molecule has 0 atom stereocenters. The molecule has 0 saturated heterocycles. The fourth-order valence-corrected chi connectivity index (χ4v) is 3.39. The second-order valence-electron chi connectivity index (χ2n) is 6.79. The summed E-state index contributed by atoms with van der Waals surface area (Å²) in [5, 5.41) is 2.75. The summed E-state index contributed by atoms with van der Waals surface area (Å²) in [5.74, 6) is -0.888. The largest absolute Gasteiger partial charge is 0.459 e. The molecule has 0 saturated carbocycles. The van der Waals surface area contributed by atoms with Gasteiger partial charge in [-0.25, -0.2) is 13.2 Å². The second kappa shape index (κ2) is 8.47. The number of H-pyrrole nitrogens is 1. The zero-order chi connectivity index (χ0) is 21.1. The van der Waals surface area contributed by atoms with Crippen LogP contribution < -0.4 is 10.0 Å². The van der Waals surface area contributed by atoms with Crippen LogP contribution in [-0.2, 0) is 21.3 Å². The van der Waals surface area contributed by atoms with Crippen molar-refractivity contribution in [2.24, 2.45) is 0 Å². The molecule has 2 rings (SSSR count). The van der Waals surface area contributed by atoms with E-state index in [1.807, 2.05) is 0 Å². The van der Waals surface area contributed by atoms with Crippen LogP contribution in [0.4, 0.5) is 5.69 Å². The van der Waals surface area contributed by atoms with E-state index in [0.717, 1.165) is 6.26 Å². The number of sulfonamides is 1. The van der Waals surface area contributed by atoms with Gasteiger partial charge in [-0.1, -0.05) is 18.2 Å². The summed E-state index contributed by atoms with van der Waals surface area (Å²) in [4.78, 5) is 27.8. The number of para-hydroxylation sites is 1. The molecule has 28 heavy (non-hydrogen) atoms. The van der Waals surface area contributed by atoms with Gasteiger partial charge in [0.15, 0.2) is 0 Å². The molecule has 0 bridgehead atoms. The van der Waals surface area contributed by atoms with Gasteiger partial charge in [-0.05, 0) is 44.9 Å². The molecule has 1 heterocycles. The number of hydrogen-bond acceptors (Lipinski definition) is 5. The van der Waals surface area contributed by atoms with Gasteiger partial charge in [0.1, 0.15) is 5.69 Å². The Morgan fingerprint density at radius 3 is 2.43 bits per heavy atom. The van der Waals surface area contributed by atoms with E-state index in [4.69, 9.17) is 4.74 Å². The Balaban J connectivity index is 2.18. The van der Waals surface area contributed by atoms with Crippen molar-refractivity contribution in [1.29, 1.82) is 0 Å². The number of aromatic amines is 1. The lowest BCUT2D eigenvalue weighted by Crippen LogP contribution is -2.25. The summed E-state index contributed by atoms with van der Waals surface area (Å²) in [5.41, 5.74) is 2.67. The van der Waals surface area contributed by atoms with Crippen molar-refractivity contribution < 1.29 is 22.7 Å². The highest BCUT2D eigenvalue weighted by atomic mass is 32.2.